The number of fused-ring (bicyclic) bond motifs is 1. The highest BCUT2D eigenvalue weighted by Gasteiger charge is 2.28. The normalized spacial score (nSPS) is 16.8. The van der Waals surface area contributed by atoms with E-state index in [1.165, 1.54) is 0 Å². The van der Waals surface area contributed by atoms with Gasteiger partial charge in [0.25, 0.3) is 0 Å². The summed E-state index contributed by atoms with van der Waals surface area (Å²) < 4.78 is 2.26. The minimum Gasteiger partial charge on any atom is -0.324 e. The van der Waals surface area contributed by atoms with Crippen molar-refractivity contribution in [3.8, 4) is 0 Å². The first-order valence-corrected chi connectivity index (χ1v) is 10.0. The van der Waals surface area contributed by atoms with Crippen LogP contribution in [0.1, 0.15) is 26.1 Å². The van der Waals surface area contributed by atoms with E-state index < -0.39 is 0 Å². The molecular formula is C22H27N5O. The molecule has 1 fully saturated rings. The summed E-state index contributed by atoms with van der Waals surface area (Å²) in [7, 11) is 0. The summed E-state index contributed by atoms with van der Waals surface area (Å²) in [6, 6.07) is 13.6. The predicted octanol–water partition coefficient (Wildman–Crippen LogP) is 4.18. The van der Waals surface area contributed by atoms with Crippen LogP contribution < -0.4 is 5.32 Å². The predicted molar refractivity (Wildman–Crippen MR) is 111 cm³/mol. The summed E-state index contributed by atoms with van der Waals surface area (Å²) in [6.07, 6.45) is 3.70. The van der Waals surface area contributed by atoms with Gasteiger partial charge in [0.1, 0.15) is 11.3 Å². The number of benzene rings is 1. The fraction of sp³-hybridized carbons (Fsp3) is 0.409. The van der Waals surface area contributed by atoms with E-state index in [0.29, 0.717) is 11.8 Å². The van der Waals surface area contributed by atoms with E-state index in [0.717, 1.165) is 55.2 Å². The topological polar surface area (TPSA) is 63.1 Å². The largest absolute Gasteiger partial charge is 0.324 e. The molecule has 1 aromatic carbocycles. The van der Waals surface area contributed by atoms with E-state index in [9.17, 15) is 4.79 Å². The summed E-state index contributed by atoms with van der Waals surface area (Å²) in [5, 5.41) is 2.98. The Morgan fingerprint density at radius 3 is 2.82 bits per heavy atom. The number of carbonyl (C=O) groups is 1. The maximum Gasteiger partial charge on any atom is 0.321 e. The van der Waals surface area contributed by atoms with Gasteiger partial charge in [0, 0.05) is 37.9 Å². The zero-order valence-corrected chi connectivity index (χ0v) is 16.5. The molecule has 6 nitrogen and oxygen atoms in total. The number of nitrogens with one attached hydrogen (secondary N) is 1. The van der Waals surface area contributed by atoms with Crippen LogP contribution in [-0.2, 0) is 13.0 Å². The number of hydrogen-bond acceptors (Lipinski definition) is 3. The zero-order chi connectivity index (χ0) is 19.5. The van der Waals surface area contributed by atoms with Gasteiger partial charge in [-0.1, -0.05) is 32.0 Å². The van der Waals surface area contributed by atoms with Crippen molar-refractivity contribution in [2.75, 3.05) is 18.4 Å². The van der Waals surface area contributed by atoms with Crippen LogP contribution in [0.5, 0.6) is 0 Å². The number of hydrogen-bond donors (Lipinski definition) is 1. The molecule has 2 aromatic heterocycles. The van der Waals surface area contributed by atoms with Gasteiger partial charge in [0.2, 0.25) is 0 Å². The number of nitrogens with zero attached hydrogens (tertiary/aromatic N) is 4. The number of likely N-dealkylation sites (tertiary alicyclic amines) is 1. The Morgan fingerprint density at radius 2 is 2.04 bits per heavy atom. The second kappa shape index (κ2) is 8.00. The fourth-order valence-corrected chi connectivity index (χ4v) is 3.88. The van der Waals surface area contributed by atoms with Gasteiger partial charge in [-0.2, -0.15) is 0 Å². The number of urea groups is 1. The first-order chi connectivity index (χ1) is 13.6. The average molecular weight is 377 g/mol. The highest BCUT2D eigenvalue weighted by molar-refractivity contribution is 5.89. The van der Waals surface area contributed by atoms with E-state index in [1.54, 1.807) is 0 Å². The van der Waals surface area contributed by atoms with Crippen molar-refractivity contribution in [2.24, 2.45) is 11.8 Å². The third-order valence-corrected chi connectivity index (χ3v) is 5.20. The summed E-state index contributed by atoms with van der Waals surface area (Å²) in [6.45, 7) is 6.88. The maximum absolute atomic E-state index is 12.5. The Hall–Kier alpha value is -2.89. The average Bonchev–Trinajstić information content (AvgIpc) is 3.28. The van der Waals surface area contributed by atoms with Crippen molar-refractivity contribution < 1.29 is 4.79 Å². The number of rotatable bonds is 5. The SMILES string of the molecule is CC(C)Cn1c(C[C@@H]2CCN(C(=O)Nc3ccccc3)C2)nc2cccnc21. The number of aromatic nitrogens is 3. The molecule has 6 heteroatoms. The highest BCUT2D eigenvalue weighted by atomic mass is 16.2. The maximum atomic E-state index is 12.5. The smallest absolute Gasteiger partial charge is 0.321 e. The molecule has 0 saturated carbocycles. The van der Waals surface area contributed by atoms with Crippen LogP contribution in [0.3, 0.4) is 0 Å². The molecule has 3 aromatic rings. The third-order valence-electron chi connectivity index (χ3n) is 5.20. The molecule has 3 heterocycles. The molecule has 1 aliphatic heterocycles. The lowest BCUT2D eigenvalue weighted by Gasteiger charge is -2.18. The van der Waals surface area contributed by atoms with E-state index >= 15 is 0 Å². The fourth-order valence-electron chi connectivity index (χ4n) is 3.88. The lowest BCUT2D eigenvalue weighted by atomic mass is 10.0. The Kier molecular flexibility index (Phi) is 5.28. The second-order valence-corrected chi connectivity index (χ2v) is 7.98. The molecule has 1 N–H and O–H groups in total. The molecule has 0 unspecified atom stereocenters. The van der Waals surface area contributed by atoms with Crippen molar-refractivity contribution in [1.82, 2.24) is 19.4 Å². The molecule has 0 aliphatic carbocycles. The monoisotopic (exact) mass is 377 g/mol. The number of anilines is 1. The summed E-state index contributed by atoms with van der Waals surface area (Å²) >= 11 is 0. The van der Waals surface area contributed by atoms with E-state index in [2.05, 4.69) is 28.7 Å². The van der Waals surface area contributed by atoms with E-state index in [-0.39, 0.29) is 6.03 Å². The van der Waals surface area contributed by atoms with Crippen LogP contribution in [0.25, 0.3) is 11.2 Å². The van der Waals surface area contributed by atoms with Crippen molar-refractivity contribution >= 4 is 22.9 Å². The van der Waals surface area contributed by atoms with Gasteiger partial charge in [-0.3, -0.25) is 0 Å². The second-order valence-electron chi connectivity index (χ2n) is 7.98. The Labute approximate surface area is 165 Å². The first kappa shape index (κ1) is 18.5. The van der Waals surface area contributed by atoms with Crippen molar-refractivity contribution in [1.29, 1.82) is 0 Å². The quantitative estimate of drug-likeness (QED) is 0.725. The number of pyridine rings is 1. The molecule has 0 spiro atoms. The zero-order valence-electron chi connectivity index (χ0n) is 16.5. The molecule has 0 bridgehead atoms. The Bertz CT molecular complexity index is 950. The third kappa shape index (κ3) is 4.01. The van der Waals surface area contributed by atoms with Crippen molar-refractivity contribution in [3.63, 3.8) is 0 Å². The van der Waals surface area contributed by atoms with Crippen LogP contribution >= 0.6 is 0 Å². The molecule has 0 radical (unpaired) electrons. The molecule has 1 saturated heterocycles. The molecule has 146 valence electrons. The minimum absolute atomic E-state index is 0.0222. The molecule has 28 heavy (non-hydrogen) atoms. The summed E-state index contributed by atoms with van der Waals surface area (Å²) in [5.41, 5.74) is 2.75. The van der Waals surface area contributed by atoms with Crippen molar-refractivity contribution in [2.45, 2.75) is 33.2 Å². The van der Waals surface area contributed by atoms with Gasteiger partial charge in [-0.15, -0.1) is 0 Å². The van der Waals surface area contributed by atoms with Gasteiger partial charge in [-0.05, 0) is 42.5 Å². The van der Waals surface area contributed by atoms with E-state index in [4.69, 9.17) is 4.98 Å². The first-order valence-electron chi connectivity index (χ1n) is 10.0. The Balaban J connectivity index is 1.45. The number of amides is 2. The van der Waals surface area contributed by atoms with Crippen LogP contribution in [0.4, 0.5) is 10.5 Å². The number of imidazole rings is 1. The number of para-hydroxylation sites is 1. The summed E-state index contributed by atoms with van der Waals surface area (Å²) in [5.74, 6) is 2.02. The minimum atomic E-state index is -0.0222. The van der Waals surface area contributed by atoms with Gasteiger partial charge in [0.05, 0.1) is 0 Å². The lowest BCUT2D eigenvalue weighted by Crippen LogP contribution is -2.33. The van der Waals surface area contributed by atoms with Crippen LogP contribution in [0.15, 0.2) is 48.7 Å². The van der Waals surface area contributed by atoms with Gasteiger partial charge < -0.3 is 14.8 Å². The van der Waals surface area contributed by atoms with Crippen LogP contribution in [-0.4, -0.2) is 38.6 Å². The molecule has 1 atom stereocenters. The Morgan fingerprint density at radius 1 is 1.21 bits per heavy atom. The van der Waals surface area contributed by atoms with E-state index in [1.807, 2.05) is 53.6 Å². The van der Waals surface area contributed by atoms with Gasteiger partial charge >= 0.3 is 6.03 Å². The lowest BCUT2D eigenvalue weighted by molar-refractivity contribution is 0.220. The number of carbonyl (C=O) groups excluding carboxylic acids is 1. The van der Waals surface area contributed by atoms with Crippen LogP contribution in [0.2, 0.25) is 0 Å². The molecule has 2 amide bonds. The highest BCUT2D eigenvalue weighted by Crippen LogP contribution is 2.24. The van der Waals surface area contributed by atoms with Gasteiger partial charge in [0.15, 0.2) is 5.65 Å². The molecular weight excluding hydrogens is 350 g/mol. The molecule has 1 aliphatic rings. The van der Waals surface area contributed by atoms with Crippen molar-refractivity contribution in [3.05, 3.63) is 54.5 Å². The molecule has 4 rings (SSSR count). The van der Waals surface area contributed by atoms with Crippen LogP contribution in [0, 0.1) is 11.8 Å². The standard InChI is InChI=1S/C22H27N5O/c1-16(2)14-27-20(25-19-9-6-11-23-21(19)27)13-17-10-12-26(15-17)22(28)24-18-7-4-3-5-8-18/h3-9,11,16-17H,10,12-15H2,1-2H3,(H,24,28)/t17-/m0/s1. The summed E-state index contributed by atoms with van der Waals surface area (Å²) in [4.78, 5) is 23.9. The van der Waals surface area contributed by atoms with Gasteiger partial charge in [-0.25, -0.2) is 14.8 Å².